The third kappa shape index (κ3) is 4.00. The van der Waals surface area contributed by atoms with Gasteiger partial charge in [-0.2, -0.15) is 0 Å². The van der Waals surface area contributed by atoms with E-state index in [0.29, 0.717) is 24.1 Å². The standard InChI is InChI=1S/C21H22N2O4/c1-13-5-6-16(12-14(13)2)19(21(26)27)22-20(25)15-7-9-17(10-8-15)23-11-3-4-18(23)24/h5-10,12,19H,3-4,11H2,1-2H3,(H,22,25)(H,26,27). The molecule has 0 aromatic heterocycles. The molecular formula is C21H22N2O4. The molecule has 0 spiro atoms. The van der Waals surface area contributed by atoms with Crippen molar-refractivity contribution in [3.8, 4) is 0 Å². The predicted molar refractivity (Wildman–Crippen MR) is 102 cm³/mol. The lowest BCUT2D eigenvalue weighted by Gasteiger charge is -2.18. The van der Waals surface area contributed by atoms with Crippen LogP contribution in [0.1, 0.15) is 45.9 Å². The topological polar surface area (TPSA) is 86.7 Å². The Labute approximate surface area is 157 Å². The molecule has 2 aromatic rings. The molecule has 2 aromatic carbocycles. The lowest BCUT2D eigenvalue weighted by atomic mass is 10.0. The van der Waals surface area contributed by atoms with Gasteiger partial charge in [-0.1, -0.05) is 18.2 Å². The van der Waals surface area contributed by atoms with Gasteiger partial charge in [0.2, 0.25) is 5.91 Å². The second kappa shape index (κ2) is 7.61. The molecule has 1 aliphatic heterocycles. The first-order chi connectivity index (χ1) is 12.9. The van der Waals surface area contributed by atoms with Crippen molar-refractivity contribution in [2.45, 2.75) is 32.7 Å². The zero-order valence-electron chi connectivity index (χ0n) is 15.4. The van der Waals surface area contributed by atoms with Crippen LogP contribution in [-0.2, 0) is 9.59 Å². The average molecular weight is 366 g/mol. The van der Waals surface area contributed by atoms with Gasteiger partial charge in [-0.05, 0) is 61.2 Å². The van der Waals surface area contributed by atoms with E-state index in [1.165, 1.54) is 0 Å². The summed E-state index contributed by atoms with van der Waals surface area (Å²) >= 11 is 0. The SMILES string of the molecule is Cc1ccc(C(NC(=O)c2ccc(N3CCCC3=O)cc2)C(=O)O)cc1C. The quantitative estimate of drug-likeness (QED) is 0.852. The van der Waals surface area contributed by atoms with Crippen LogP contribution >= 0.6 is 0 Å². The van der Waals surface area contributed by atoms with Gasteiger partial charge in [-0.15, -0.1) is 0 Å². The summed E-state index contributed by atoms with van der Waals surface area (Å²) in [6, 6.07) is 10.8. The summed E-state index contributed by atoms with van der Waals surface area (Å²) in [7, 11) is 0. The summed E-state index contributed by atoms with van der Waals surface area (Å²) < 4.78 is 0. The van der Waals surface area contributed by atoms with Gasteiger partial charge < -0.3 is 15.3 Å². The first-order valence-corrected chi connectivity index (χ1v) is 8.88. The van der Waals surface area contributed by atoms with E-state index >= 15 is 0 Å². The van der Waals surface area contributed by atoms with Crippen molar-refractivity contribution in [3.63, 3.8) is 0 Å². The Bertz CT molecular complexity index is 890. The molecule has 1 unspecified atom stereocenters. The van der Waals surface area contributed by atoms with Crippen molar-refractivity contribution in [1.29, 1.82) is 0 Å². The summed E-state index contributed by atoms with van der Waals surface area (Å²) in [5, 5.41) is 12.1. The Morgan fingerprint density at radius 2 is 1.78 bits per heavy atom. The van der Waals surface area contributed by atoms with Crippen LogP contribution in [-0.4, -0.2) is 29.4 Å². The van der Waals surface area contributed by atoms with Crippen LogP contribution in [0.4, 0.5) is 5.69 Å². The molecule has 1 atom stereocenters. The maximum atomic E-state index is 12.5. The smallest absolute Gasteiger partial charge is 0.330 e. The van der Waals surface area contributed by atoms with E-state index < -0.39 is 17.9 Å². The molecule has 6 nitrogen and oxygen atoms in total. The highest BCUT2D eigenvalue weighted by Crippen LogP contribution is 2.22. The maximum absolute atomic E-state index is 12.5. The highest BCUT2D eigenvalue weighted by molar-refractivity contribution is 5.98. The summed E-state index contributed by atoms with van der Waals surface area (Å²) in [5.41, 5.74) is 3.64. The largest absolute Gasteiger partial charge is 0.479 e. The summed E-state index contributed by atoms with van der Waals surface area (Å²) in [4.78, 5) is 37.7. The molecule has 0 aliphatic carbocycles. The first kappa shape index (κ1) is 18.6. The van der Waals surface area contributed by atoms with E-state index in [0.717, 1.165) is 23.2 Å². The lowest BCUT2D eigenvalue weighted by molar-refractivity contribution is -0.139. The Morgan fingerprint density at radius 3 is 2.33 bits per heavy atom. The van der Waals surface area contributed by atoms with Crippen molar-refractivity contribution < 1.29 is 19.5 Å². The van der Waals surface area contributed by atoms with E-state index in [9.17, 15) is 19.5 Å². The number of aryl methyl sites for hydroxylation is 2. The fourth-order valence-electron chi connectivity index (χ4n) is 3.16. The number of benzene rings is 2. The zero-order chi connectivity index (χ0) is 19.6. The van der Waals surface area contributed by atoms with Crippen LogP contribution in [0.5, 0.6) is 0 Å². The molecule has 6 heteroatoms. The molecule has 1 heterocycles. The Balaban J connectivity index is 1.76. The van der Waals surface area contributed by atoms with E-state index in [1.807, 2.05) is 19.9 Å². The fourth-order valence-corrected chi connectivity index (χ4v) is 3.16. The molecule has 1 saturated heterocycles. The number of anilines is 1. The highest BCUT2D eigenvalue weighted by Gasteiger charge is 2.24. The molecule has 0 bridgehead atoms. The van der Waals surface area contributed by atoms with Gasteiger partial charge >= 0.3 is 5.97 Å². The number of amides is 2. The molecule has 0 saturated carbocycles. The molecule has 3 rings (SSSR count). The molecule has 1 aliphatic rings. The normalized spacial score (nSPS) is 14.9. The van der Waals surface area contributed by atoms with Gasteiger partial charge in [-0.3, -0.25) is 9.59 Å². The third-order valence-corrected chi connectivity index (χ3v) is 4.90. The number of rotatable bonds is 5. The molecule has 140 valence electrons. The summed E-state index contributed by atoms with van der Waals surface area (Å²) in [5.74, 6) is -1.52. The predicted octanol–water partition coefficient (Wildman–Crippen LogP) is 2.99. The number of carbonyl (C=O) groups is 3. The van der Waals surface area contributed by atoms with Crippen molar-refractivity contribution >= 4 is 23.5 Å². The minimum atomic E-state index is -1.13. The first-order valence-electron chi connectivity index (χ1n) is 8.88. The maximum Gasteiger partial charge on any atom is 0.330 e. The molecule has 0 radical (unpaired) electrons. The zero-order valence-corrected chi connectivity index (χ0v) is 15.4. The number of hydrogen-bond donors (Lipinski definition) is 2. The molecule has 27 heavy (non-hydrogen) atoms. The minimum absolute atomic E-state index is 0.0767. The van der Waals surface area contributed by atoms with Crippen molar-refractivity contribution in [2.75, 3.05) is 11.4 Å². The number of carboxylic acid groups (broad SMARTS) is 1. The second-order valence-corrected chi connectivity index (χ2v) is 6.78. The lowest BCUT2D eigenvalue weighted by Crippen LogP contribution is -2.33. The number of carbonyl (C=O) groups excluding carboxylic acids is 2. The molecule has 1 fully saturated rings. The number of nitrogens with zero attached hydrogens (tertiary/aromatic N) is 1. The van der Waals surface area contributed by atoms with Crippen LogP contribution in [0, 0.1) is 13.8 Å². The van der Waals surface area contributed by atoms with Crippen molar-refractivity contribution in [3.05, 3.63) is 64.7 Å². The Morgan fingerprint density at radius 1 is 1.07 bits per heavy atom. The monoisotopic (exact) mass is 366 g/mol. The van der Waals surface area contributed by atoms with Crippen LogP contribution in [0.15, 0.2) is 42.5 Å². The van der Waals surface area contributed by atoms with Crippen LogP contribution in [0.25, 0.3) is 0 Å². The van der Waals surface area contributed by atoms with Gasteiger partial charge in [-0.25, -0.2) is 4.79 Å². The highest BCUT2D eigenvalue weighted by atomic mass is 16.4. The van der Waals surface area contributed by atoms with E-state index in [2.05, 4.69) is 5.32 Å². The summed E-state index contributed by atoms with van der Waals surface area (Å²) in [6.45, 7) is 4.52. The Hall–Kier alpha value is -3.15. The fraction of sp³-hybridized carbons (Fsp3) is 0.286. The molecular weight excluding hydrogens is 344 g/mol. The molecule has 2 amide bonds. The summed E-state index contributed by atoms with van der Waals surface area (Å²) in [6.07, 6.45) is 1.37. The van der Waals surface area contributed by atoms with Gasteiger partial charge in [0.25, 0.3) is 5.91 Å². The average Bonchev–Trinajstić information content (AvgIpc) is 3.08. The van der Waals surface area contributed by atoms with E-state index in [1.54, 1.807) is 41.3 Å². The molecule has 2 N–H and O–H groups in total. The number of hydrogen-bond acceptors (Lipinski definition) is 3. The van der Waals surface area contributed by atoms with Gasteiger partial charge in [0.05, 0.1) is 0 Å². The van der Waals surface area contributed by atoms with Gasteiger partial charge in [0, 0.05) is 24.2 Å². The number of aliphatic carboxylic acids is 1. The van der Waals surface area contributed by atoms with Crippen LogP contribution < -0.4 is 10.2 Å². The number of nitrogens with one attached hydrogen (secondary N) is 1. The van der Waals surface area contributed by atoms with Crippen molar-refractivity contribution in [1.82, 2.24) is 5.32 Å². The van der Waals surface area contributed by atoms with Gasteiger partial charge in [0.1, 0.15) is 0 Å². The minimum Gasteiger partial charge on any atom is -0.479 e. The van der Waals surface area contributed by atoms with Gasteiger partial charge in [0.15, 0.2) is 6.04 Å². The Kier molecular flexibility index (Phi) is 5.26. The number of carboxylic acids is 1. The van der Waals surface area contributed by atoms with E-state index in [-0.39, 0.29) is 5.91 Å². The van der Waals surface area contributed by atoms with Crippen LogP contribution in [0.2, 0.25) is 0 Å². The van der Waals surface area contributed by atoms with Crippen molar-refractivity contribution in [2.24, 2.45) is 0 Å². The van der Waals surface area contributed by atoms with Crippen LogP contribution in [0.3, 0.4) is 0 Å². The second-order valence-electron chi connectivity index (χ2n) is 6.78. The third-order valence-electron chi connectivity index (χ3n) is 4.90. The van der Waals surface area contributed by atoms with E-state index in [4.69, 9.17) is 0 Å².